The van der Waals surface area contributed by atoms with Gasteiger partial charge in [-0.05, 0) is 31.7 Å². The molecule has 0 atom stereocenters. The summed E-state index contributed by atoms with van der Waals surface area (Å²) in [5.74, 6) is -0.210. The lowest BCUT2D eigenvalue weighted by Crippen LogP contribution is -2.37. The van der Waals surface area contributed by atoms with Crippen molar-refractivity contribution < 1.29 is 9.59 Å². The van der Waals surface area contributed by atoms with E-state index in [0.29, 0.717) is 24.2 Å². The summed E-state index contributed by atoms with van der Waals surface area (Å²) in [5.41, 5.74) is 1.44. The Kier molecular flexibility index (Phi) is 4.57. The Morgan fingerprint density at radius 1 is 1.10 bits per heavy atom. The summed E-state index contributed by atoms with van der Waals surface area (Å²) in [4.78, 5) is 36.5. The minimum atomic E-state index is -0.249. The lowest BCUT2D eigenvalue weighted by molar-refractivity contribution is 0.0910. The number of aromatic amines is 1. The van der Waals surface area contributed by atoms with Crippen LogP contribution in [0, 0.1) is 0 Å². The van der Waals surface area contributed by atoms with Crippen LogP contribution in [0.25, 0.3) is 10.8 Å². The number of nitrogens with zero attached hydrogens (tertiary/aromatic N) is 3. The average Bonchev–Trinajstić information content (AvgIpc) is 3.21. The number of H-pyrrole nitrogens is 1. The molecule has 1 aliphatic carbocycles. The molecule has 3 N–H and O–H groups in total. The summed E-state index contributed by atoms with van der Waals surface area (Å²) in [6.07, 6.45) is 3.38. The predicted octanol–water partition coefficient (Wildman–Crippen LogP) is 1.32. The van der Waals surface area contributed by atoms with Crippen molar-refractivity contribution >= 4 is 22.6 Å². The normalized spacial score (nSPS) is 21.1. The van der Waals surface area contributed by atoms with Crippen LogP contribution in [0.5, 0.6) is 0 Å². The zero-order valence-electron chi connectivity index (χ0n) is 16.4. The highest BCUT2D eigenvalue weighted by molar-refractivity contribution is 5.98. The van der Waals surface area contributed by atoms with Crippen LogP contribution in [0.15, 0.2) is 35.1 Å². The molecule has 9 heteroatoms. The van der Waals surface area contributed by atoms with Gasteiger partial charge < -0.3 is 10.6 Å². The van der Waals surface area contributed by atoms with Gasteiger partial charge >= 0.3 is 0 Å². The van der Waals surface area contributed by atoms with E-state index in [1.54, 1.807) is 10.7 Å². The van der Waals surface area contributed by atoms with Gasteiger partial charge in [0.25, 0.3) is 17.4 Å². The third-order valence-electron chi connectivity index (χ3n) is 6.03. The first-order valence-electron chi connectivity index (χ1n) is 10.2. The first-order valence-corrected chi connectivity index (χ1v) is 10.2. The Balaban J connectivity index is 1.26. The Bertz CT molecular complexity index is 1190. The van der Waals surface area contributed by atoms with Crippen molar-refractivity contribution in [1.29, 1.82) is 0 Å². The lowest BCUT2D eigenvalue weighted by atomic mass is 9.82. The van der Waals surface area contributed by atoms with Gasteiger partial charge in [-0.1, -0.05) is 18.2 Å². The maximum absolute atomic E-state index is 12.6. The summed E-state index contributed by atoms with van der Waals surface area (Å²) < 4.78 is 1.58. The fourth-order valence-corrected chi connectivity index (χ4v) is 4.46. The molecule has 1 saturated carbocycles. The van der Waals surface area contributed by atoms with Crippen molar-refractivity contribution in [2.75, 3.05) is 6.54 Å². The van der Waals surface area contributed by atoms with E-state index in [9.17, 15) is 14.4 Å². The Hall–Kier alpha value is -3.49. The van der Waals surface area contributed by atoms with Crippen molar-refractivity contribution in [2.45, 2.75) is 44.2 Å². The minimum Gasteiger partial charge on any atom is -0.349 e. The van der Waals surface area contributed by atoms with E-state index in [1.165, 1.54) is 0 Å². The molecule has 0 spiro atoms. The second kappa shape index (κ2) is 7.40. The molecule has 1 aliphatic heterocycles. The molecule has 5 rings (SSSR count). The molecule has 1 fully saturated rings. The quantitative estimate of drug-likeness (QED) is 0.606. The number of fused-ring (bicyclic) bond motifs is 2. The van der Waals surface area contributed by atoms with E-state index >= 15 is 0 Å². The van der Waals surface area contributed by atoms with Gasteiger partial charge in [0, 0.05) is 30.0 Å². The largest absolute Gasteiger partial charge is 0.349 e. The van der Waals surface area contributed by atoms with Crippen molar-refractivity contribution in [2.24, 2.45) is 0 Å². The third kappa shape index (κ3) is 3.26. The molecule has 30 heavy (non-hydrogen) atoms. The van der Waals surface area contributed by atoms with Gasteiger partial charge in [0.15, 0.2) is 5.69 Å². The average molecular weight is 406 g/mol. The SMILES string of the molecule is O=C(NC1CCC(c2n[nH]c(=O)c3ccccc23)CC1)c1cc2n(n1)CCNC2=O. The van der Waals surface area contributed by atoms with Crippen LogP contribution >= 0.6 is 0 Å². The van der Waals surface area contributed by atoms with E-state index in [-0.39, 0.29) is 35.0 Å². The second-order valence-corrected chi connectivity index (χ2v) is 7.90. The highest BCUT2D eigenvalue weighted by Gasteiger charge is 2.28. The lowest BCUT2D eigenvalue weighted by Gasteiger charge is -2.29. The van der Waals surface area contributed by atoms with Crippen LogP contribution in [0.1, 0.15) is 58.3 Å². The number of carbonyl (C=O) groups is 2. The summed E-state index contributed by atoms with van der Waals surface area (Å²) in [6, 6.07) is 9.13. The smallest absolute Gasteiger partial charge is 0.272 e. The maximum Gasteiger partial charge on any atom is 0.272 e. The third-order valence-corrected chi connectivity index (χ3v) is 6.03. The molecule has 0 saturated heterocycles. The monoisotopic (exact) mass is 406 g/mol. The summed E-state index contributed by atoms with van der Waals surface area (Å²) in [7, 11) is 0. The standard InChI is InChI=1S/C21H22N6O3/c28-19-15-4-2-1-3-14(15)18(24-25-19)12-5-7-13(8-6-12)23-20(29)16-11-17-21(30)22-9-10-27(17)26-16/h1-4,11-13H,5-10H2,(H,22,30)(H,23,29)(H,25,28). The number of carbonyl (C=O) groups excluding carboxylic acids is 2. The van der Waals surface area contributed by atoms with E-state index < -0.39 is 0 Å². The molecule has 2 aliphatic rings. The molecule has 0 unspecified atom stereocenters. The highest BCUT2D eigenvalue weighted by Crippen LogP contribution is 2.34. The summed E-state index contributed by atoms with van der Waals surface area (Å²) >= 11 is 0. The van der Waals surface area contributed by atoms with E-state index in [2.05, 4.69) is 25.9 Å². The molecule has 9 nitrogen and oxygen atoms in total. The Labute approximate surface area is 171 Å². The van der Waals surface area contributed by atoms with E-state index in [0.717, 1.165) is 36.8 Å². The zero-order chi connectivity index (χ0) is 20.7. The zero-order valence-corrected chi connectivity index (χ0v) is 16.4. The summed E-state index contributed by atoms with van der Waals surface area (Å²) in [5, 5.41) is 18.6. The van der Waals surface area contributed by atoms with Crippen molar-refractivity contribution in [3.8, 4) is 0 Å². The van der Waals surface area contributed by atoms with Crippen LogP contribution in [0.4, 0.5) is 0 Å². The maximum atomic E-state index is 12.6. The molecule has 1 aromatic carbocycles. The summed E-state index contributed by atoms with van der Waals surface area (Å²) in [6.45, 7) is 1.09. The Morgan fingerprint density at radius 3 is 2.63 bits per heavy atom. The fraction of sp³-hybridized carbons (Fsp3) is 0.381. The number of rotatable bonds is 3. The Morgan fingerprint density at radius 2 is 1.87 bits per heavy atom. The molecule has 2 amide bonds. The van der Waals surface area contributed by atoms with Crippen molar-refractivity contribution in [1.82, 2.24) is 30.6 Å². The van der Waals surface area contributed by atoms with Gasteiger partial charge in [-0.25, -0.2) is 5.10 Å². The van der Waals surface area contributed by atoms with Crippen molar-refractivity contribution in [3.05, 3.63) is 57.8 Å². The second-order valence-electron chi connectivity index (χ2n) is 7.90. The van der Waals surface area contributed by atoms with Crippen LogP contribution in [-0.4, -0.2) is 44.4 Å². The molecule has 154 valence electrons. The van der Waals surface area contributed by atoms with Crippen LogP contribution < -0.4 is 16.2 Å². The fourth-order valence-electron chi connectivity index (χ4n) is 4.46. The van der Waals surface area contributed by atoms with Gasteiger partial charge in [0.05, 0.1) is 17.6 Å². The number of benzene rings is 1. The van der Waals surface area contributed by atoms with E-state index in [1.807, 2.05) is 24.3 Å². The minimum absolute atomic E-state index is 0.0512. The topological polar surface area (TPSA) is 122 Å². The molecule has 3 heterocycles. The first-order chi connectivity index (χ1) is 14.6. The number of amides is 2. The molecular formula is C21H22N6O3. The number of aromatic nitrogens is 4. The van der Waals surface area contributed by atoms with Crippen LogP contribution in [0.3, 0.4) is 0 Å². The van der Waals surface area contributed by atoms with Gasteiger partial charge in [-0.15, -0.1) is 0 Å². The predicted molar refractivity (Wildman–Crippen MR) is 109 cm³/mol. The van der Waals surface area contributed by atoms with Gasteiger partial charge in [-0.3, -0.25) is 19.1 Å². The van der Waals surface area contributed by atoms with E-state index in [4.69, 9.17) is 0 Å². The molecule has 0 radical (unpaired) electrons. The van der Waals surface area contributed by atoms with Crippen LogP contribution in [0.2, 0.25) is 0 Å². The van der Waals surface area contributed by atoms with Gasteiger partial charge in [0.1, 0.15) is 5.69 Å². The number of nitrogens with one attached hydrogen (secondary N) is 3. The highest BCUT2D eigenvalue weighted by atomic mass is 16.2. The first kappa shape index (κ1) is 18.5. The number of hydrogen-bond donors (Lipinski definition) is 3. The van der Waals surface area contributed by atoms with Gasteiger partial charge in [0.2, 0.25) is 0 Å². The molecule has 0 bridgehead atoms. The van der Waals surface area contributed by atoms with Gasteiger partial charge in [-0.2, -0.15) is 10.2 Å². The van der Waals surface area contributed by atoms with Crippen LogP contribution in [-0.2, 0) is 6.54 Å². The molecule has 3 aromatic rings. The number of hydrogen-bond acceptors (Lipinski definition) is 5. The molecule has 2 aromatic heterocycles. The molecular weight excluding hydrogens is 384 g/mol. The van der Waals surface area contributed by atoms with Crippen molar-refractivity contribution in [3.63, 3.8) is 0 Å².